The quantitative estimate of drug-likeness (QED) is 0.722. The topological polar surface area (TPSA) is 53.2 Å². The number of aryl methyl sites for hydroxylation is 1. The Morgan fingerprint density at radius 3 is 2.46 bits per heavy atom. The van der Waals surface area contributed by atoms with Crippen molar-refractivity contribution in [1.29, 1.82) is 0 Å². The van der Waals surface area contributed by atoms with Crippen molar-refractivity contribution in [3.63, 3.8) is 0 Å². The first-order valence-electron chi connectivity index (χ1n) is 9.10. The van der Waals surface area contributed by atoms with E-state index in [1.165, 1.54) is 5.56 Å². The van der Waals surface area contributed by atoms with Gasteiger partial charge in [-0.1, -0.05) is 42.5 Å². The van der Waals surface area contributed by atoms with Gasteiger partial charge in [0.25, 0.3) is 5.91 Å². The van der Waals surface area contributed by atoms with Crippen molar-refractivity contribution >= 4 is 22.6 Å². The zero-order valence-corrected chi connectivity index (χ0v) is 14.9. The van der Waals surface area contributed by atoms with Crippen LogP contribution >= 0.6 is 0 Å². The zero-order chi connectivity index (χ0) is 18.1. The molecule has 1 N–H and O–H groups in total. The summed E-state index contributed by atoms with van der Waals surface area (Å²) in [6, 6.07) is 17.5. The highest BCUT2D eigenvalue weighted by Crippen LogP contribution is 2.24. The van der Waals surface area contributed by atoms with Crippen LogP contribution in [0.15, 0.2) is 54.6 Å². The molecule has 1 aromatic heterocycles. The average molecular weight is 346 g/mol. The Labute approximate surface area is 152 Å². The molecule has 0 bridgehead atoms. The van der Waals surface area contributed by atoms with Crippen LogP contribution in [0.1, 0.15) is 39.3 Å². The fourth-order valence-corrected chi connectivity index (χ4v) is 3.71. The van der Waals surface area contributed by atoms with E-state index in [9.17, 15) is 9.59 Å². The monoisotopic (exact) mass is 346 g/mol. The molecule has 1 saturated heterocycles. The molecule has 26 heavy (non-hydrogen) atoms. The van der Waals surface area contributed by atoms with Crippen LogP contribution < -0.4 is 0 Å². The van der Waals surface area contributed by atoms with Gasteiger partial charge < -0.3 is 9.88 Å². The van der Waals surface area contributed by atoms with E-state index in [-0.39, 0.29) is 17.6 Å². The number of ketones is 1. The molecule has 1 amide bonds. The molecule has 1 aliphatic rings. The van der Waals surface area contributed by atoms with Crippen molar-refractivity contribution < 1.29 is 9.59 Å². The number of fused-ring (bicyclic) bond motifs is 1. The summed E-state index contributed by atoms with van der Waals surface area (Å²) < 4.78 is 0. The number of carbonyl (C=O) groups excluding carboxylic acids is 2. The lowest BCUT2D eigenvalue weighted by molar-refractivity contribution is 0.0646. The molecule has 4 heteroatoms. The number of nitrogens with zero attached hydrogens (tertiary/aromatic N) is 1. The summed E-state index contributed by atoms with van der Waals surface area (Å²) in [5.41, 5.74) is 3.54. The molecule has 0 atom stereocenters. The van der Waals surface area contributed by atoms with E-state index in [2.05, 4.69) is 11.1 Å². The van der Waals surface area contributed by atoms with E-state index in [0.717, 1.165) is 29.3 Å². The number of piperidine rings is 1. The second kappa shape index (κ2) is 6.79. The summed E-state index contributed by atoms with van der Waals surface area (Å²) in [7, 11) is 0. The van der Waals surface area contributed by atoms with E-state index < -0.39 is 0 Å². The molecule has 0 radical (unpaired) electrons. The van der Waals surface area contributed by atoms with Gasteiger partial charge in [-0.15, -0.1) is 0 Å². The van der Waals surface area contributed by atoms with E-state index in [1.54, 1.807) is 0 Å². The number of likely N-dealkylation sites (tertiary alicyclic amines) is 1. The Bertz CT molecular complexity index is 951. The van der Waals surface area contributed by atoms with Crippen molar-refractivity contribution in [1.82, 2.24) is 9.88 Å². The Morgan fingerprint density at radius 1 is 1.00 bits per heavy atom. The first-order valence-corrected chi connectivity index (χ1v) is 9.10. The van der Waals surface area contributed by atoms with Gasteiger partial charge in [0.2, 0.25) is 0 Å². The summed E-state index contributed by atoms with van der Waals surface area (Å²) in [6.45, 7) is 3.28. The lowest BCUT2D eigenvalue weighted by Crippen LogP contribution is -2.40. The van der Waals surface area contributed by atoms with Gasteiger partial charge in [0.05, 0.1) is 0 Å². The Kier molecular flexibility index (Phi) is 4.33. The standard InChI is InChI=1S/C22H22N2O2/c1-15-7-8-18-14-20(23-19(18)13-15)22(26)24-11-9-17(10-12-24)21(25)16-5-3-2-4-6-16/h2-8,13-14,17,23H,9-12H2,1H3. The van der Waals surface area contributed by atoms with Crippen molar-refractivity contribution in [3.8, 4) is 0 Å². The number of aromatic nitrogens is 1. The number of nitrogens with one attached hydrogen (secondary N) is 1. The number of Topliss-reactive ketones (excluding diaryl/α,β-unsaturated/α-hetero) is 1. The summed E-state index contributed by atoms with van der Waals surface area (Å²) in [4.78, 5) is 30.5. The van der Waals surface area contributed by atoms with Crippen LogP contribution in [0.2, 0.25) is 0 Å². The van der Waals surface area contributed by atoms with Gasteiger partial charge in [-0.3, -0.25) is 9.59 Å². The van der Waals surface area contributed by atoms with Crippen LogP contribution in [0.3, 0.4) is 0 Å². The molecule has 0 saturated carbocycles. The lowest BCUT2D eigenvalue weighted by Gasteiger charge is -2.31. The fourth-order valence-electron chi connectivity index (χ4n) is 3.71. The molecule has 2 aromatic carbocycles. The first kappa shape index (κ1) is 16.6. The fraction of sp³-hybridized carbons (Fsp3) is 0.273. The normalized spacial score (nSPS) is 15.3. The van der Waals surface area contributed by atoms with E-state index in [0.29, 0.717) is 18.8 Å². The average Bonchev–Trinajstić information content (AvgIpc) is 3.11. The highest BCUT2D eigenvalue weighted by Gasteiger charge is 2.28. The predicted molar refractivity (Wildman–Crippen MR) is 102 cm³/mol. The third kappa shape index (κ3) is 3.15. The largest absolute Gasteiger partial charge is 0.351 e. The van der Waals surface area contributed by atoms with Gasteiger partial charge in [-0.25, -0.2) is 0 Å². The van der Waals surface area contributed by atoms with Crippen LogP contribution in [-0.4, -0.2) is 34.7 Å². The molecule has 2 heterocycles. The molecule has 0 unspecified atom stereocenters. The number of H-pyrrole nitrogens is 1. The third-order valence-corrected chi connectivity index (χ3v) is 5.22. The maximum absolute atomic E-state index is 12.8. The van der Waals surface area contributed by atoms with Crippen molar-refractivity contribution in [2.75, 3.05) is 13.1 Å². The van der Waals surface area contributed by atoms with Gasteiger partial charge in [0.15, 0.2) is 5.78 Å². The maximum atomic E-state index is 12.8. The van der Waals surface area contributed by atoms with Crippen LogP contribution in [0.4, 0.5) is 0 Å². The minimum Gasteiger partial charge on any atom is -0.351 e. The number of hydrogen-bond acceptors (Lipinski definition) is 2. The van der Waals surface area contributed by atoms with Crippen molar-refractivity contribution in [2.24, 2.45) is 5.92 Å². The second-order valence-electron chi connectivity index (χ2n) is 7.07. The predicted octanol–water partition coefficient (Wildman–Crippen LogP) is 4.21. The van der Waals surface area contributed by atoms with Crippen LogP contribution in [-0.2, 0) is 0 Å². The molecule has 1 aliphatic heterocycles. The molecular formula is C22H22N2O2. The van der Waals surface area contributed by atoms with Gasteiger partial charge in [0, 0.05) is 35.5 Å². The Morgan fingerprint density at radius 2 is 1.73 bits per heavy atom. The van der Waals surface area contributed by atoms with Crippen LogP contribution in [0.25, 0.3) is 10.9 Å². The maximum Gasteiger partial charge on any atom is 0.270 e. The van der Waals surface area contributed by atoms with Crippen molar-refractivity contribution in [2.45, 2.75) is 19.8 Å². The number of amides is 1. The van der Waals surface area contributed by atoms with Crippen LogP contribution in [0, 0.1) is 12.8 Å². The third-order valence-electron chi connectivity index (χ3n) is 5.22. The zero-order valence-electron chi connectivity index (χ0n) is 14.9. The highest BCUT2D eigenvalue weighted by atomic mass is 16.2. The van der Waals surface area contributed by atoms with Gasteiger partial charge in [-0.2, -0.15) is 0 Å². The van der Waals surface area contributed by atoms with Gasteiger partial charge in [-0.05, 0) is 37.5 Å². The SMILES string of the molecule is Cc1ccc2cc(C(=O)N3CCC(C(=O)c4ccccc4)CC3)[nH]c2c1. The van der Waals surface area contributed by atoms with Crippen LogP contribution in [0.5, 0.6) is 0 Å². The summed E-state index contributed by atoms with van der Waals surface area (Å²) in [6.07, 6.45) is 1.44. The minimum atomic E-state index is 0.00631. The summed E-state index contributed by atoms with van der Waals surface area (Å²) in [5, 5.41) is 1.05. The minimum absolute atomic E-state index is 0.00631. The van der Waals surface area contributed by atoms with E-state index >= 15 is 0 Å². The summed E-state index contributed by atoms with van der Waals surface area (Å²) >= 11 is 0. The summed E-state index contributed by atoms with van der Waals surface area (Å²) in [5.74, 6) is 0.218. The number of carbonyl (C=O) groups is 2. The molecule has 4 rings (SSSR count). The van der Waals surface area contributed by atoms with Gasteiger partial charge >= 0.3 is 0 Å². The number of hydrogen-bond donors (Lipinski definition) is 1. The first-order chi connectivity index (χ1) is 12.6. The second-order valence-corrected chi connectivity index (χ2v) is 7.07. The van der Waals surface area contributed by atoms with E-state index in [1.807, 2.05) is 60.4 Å². The smallest absolute Gasteiger partial charge is 0.270 e. The molecule has 1 fully saturated rings. The lowest BCUT2D eigenvalue weighted by atomic mass is 9.89. The molecular weight excluding hydrogens is 324 g/mol. The van der Waals surface area contributed by atoms with E-state index in [4.69, 9.17) is 0 Å². The molecule has 0 aliphatic carbocycles. The number of aromatic amines is 1. The van der Waals surface area contributed by atoms with Crippen molar-refractivity contribution in [3.05, 3.63) is 71.4 Å². The molecule has 4 nitrogen and oxygen atoms in total. The Balaban J connectivity index is 1.43. The number of benzene rings is 2. The molecule has 132 valence electrons. The molecule has 3 aromatic rings. The Hall–Kier alpha value is -2.88. The molecule has 0 spiro atoms. The van der Waals surface area contributed by atoms with Gasteiger partial charge in [0.1, 0.15) is 5.69 Å². The highest BCUT2D eigenvalue weighted by molar-refractivity contribution is 5.99. The number of rotatable bonds is 3.